The molecule has 4 heterocycles. The smallest absolute Gasteiger partial charge is 0.165 e. The van der Waals surface area contributed by atoms with E-state index < -0.39 is 5.41 Å². The molecule has 0 unspecified atom stereocenters. The minimum absolute atomic E-state index is 0.450. The van der Waals surface area contributed by atoms with Gasteiger partial charge in [-0.25, -0.2) is 15.0 Å². The number of anilines is 1. The molecule has 1 fully saturated rings. The van der Waals surface area contributed by atoms with E-state index >= 15 is 0 Å². The van der Waals surface area contributed by atoms with Crippen molar-refractivity contribution >= 4 is 17.0 Å². The highest BCUT2D eigenvalue weighted by Crippen LogP contribution is 2.37. The van der Waals surface area contributed by atoms with Crippen molar-refractivity contribution in [3.63, 3.8) is 0 Å². The molecular formula is C22H22N8. The van der Waals surface area contributed by atoms with Gasteiger partial charge in [0.05, 0.1) is 23.2 Å². The van der Waals surface area contributed by atoms with Gasteiger partial charge in [-0.15, -0.1) is 0 Å². The van der Waals surface area contributed by atoms with Gasteiger partial charge in [-0.3, -0.25) is 4.68 Å². The second-order valence-corrected chi connectivity index (χ2v) is 7.81. The van der Waals surface area contributed by atoms with Crippen molar-refractivity contribution in [3.05, 3.63) is 54.6 Å². The van der Waals surface area contributed by atoms with Crippen LogP contribution in [0.3, 0.4) is 0 Å². The summed E-state index contributed by atoms with van der Waals surface area (Å²) < 4.78 is 3.74. The fourth-order valence-electron chi connectivity index (χ4n) is 4.34. The predicted octanol–water partition coefficient (Wildman–Crippen LogP) is 2.83. The number of benzene rings is 1. The molecule has 1 aliphatic rings. The Kier molecular flexibility index (Phi) is 4.24. The van der Waals surface area contributed by atoms with Crippen LogP contribution in [0.5, 0.6) is 0 Å². The molecule has 0 N–H and O–H groups in total. The highest BCUT2D eigenvalue weighted by Gasteiger charge is 2.37. The summed E-state index contributed by atoms with van der Waals surface area (Å²) in [4.78, 5) is 16.1. The number of aryl methyl sites for hydroxylation is 2. The lowest BCUT2D eigenvalue weighted by Gasteiger charge is -2.38. The number of fused-ring (bicyclic) bond motifs is 1. The first-order valence-electron chi connectivity index (χ1n) is 9.99. The van der Waals surface area contributed by atoms with Crippen molar-refractivity contribution in [2.75, 3.05) is 18.0 Å². The molecule has 1 aromatic carbocycles. The second kappa shape index (κ2) is 6.95. The van der Waals surface area contributed by atoms with E-state index in [1.165, 1.54) is 0 Å². The van der Waals surface area contributed by atoms with E-state index in [-0.39, 0.29) is 0 Å². The van der Waals surface area contributed by atoms with Crippen LogP contribution >= 0.6 is 0 Å². The van der Waals surface area contributed by atoms with E-state index in [9.17, 15) is 5.26 Å². The zero-order chi connectivity index (χ0) is 20.7. The van der Waals surface area contributed by atoms with Crippen LogP contribution < -0.4 is 4.90 Å². The Bertz CT molecular complexity index is 1240. The highest BCUT2D eigenvalue weighted by atomic mass is 15.3. The summed E-state index contributed by atoms with van der Waals surface area (Å²) >= 11 is 0. The number of imidazole rings is 1. The summed E-state index contributed by atoms with van der Waals surface area (Å²) in [6.07, 6.45) is 6.84. The van der Waals surface area contributed by atoms with Crippen LogP contribution in [0.4, 0.5) is 5.82 Å². The van der Waals surface area contributed by atoms with Gasteiger partial charge in [0.2, 0.25) is 0 Å². The summed E-state index contributed by atoms with van der Waals surface area (Å²) in [5.74, 6) is 1.64. The molecule has 1 saturated heterocycles. The van der Waals surface area contributed by atoms with Crippen molar-refractivity contribution in [1.29, 1.82) is 5.26 Å². The second-order valence-electron chi connectivity index (χ2n) is 7.81. The third-order valence-corrected chi connectivity index (χ3v) is 6.06. The van der Waals surface area contributed by atoms with Gasteiger partial charge in [-0.2, -0.15) is 10.4 Å². The Balaban J connectivity index is 1.49. The van der Waals surface area contributed by atoms with Gasteiger partial charge in [0.25, 0.3) is 0 Å². The Hall–Kier alpha value is -3.73. The monoisotopic (exact) mass is 398 g/mol. The van der Waals surface area contributed by atoms with Gasteiger partial charge in [-0.1, -0.05) is 30.3 Å². The molecular weight excluding hydrogens is 376 g/mol. The quantitative estimate of drug-likeness (QED) is 0.527. The maximum absolute atomic E-state index is 9.97. The molecule has 0 bridgehead atoms. The zero-order valence-electron chi connectivity index (χ0n) is 17.0. The third-order valence-electron chi connectivity index (χ3n) is 6.06. The van der Waals surface area contributed by atoms with Crippen LogP contribution in [-0.4, -0.2) is 42.4 Å². The number of rotatable bonds is 3. The van der Waals surface area contributed by atoms with Gasteiger partial charge in [0.1, 0.15) is 12.2 Å². The normalized spacial score (nSPS) is 16.0. The molecule has 5 rings (SSSR count). The van der Waals surface area contributed by atoms with Crippen LogP contribution in [0.25, 0.3) is 22.6 Å². The van der Waals surface area contributed by atoms with E-state index in [1.54, 1.807) is 17.2 Å². The maximum atomic E-state index is 9.97. The average molecular weight is 398 g/mol. The summed E-state index contributed by atoms with van der Waals surface area (Å²) in [5, 5.41) is 14.2. The largest absolute Gasteiger partial charge is 0.355 e. The molecule has 4 aromatic rings. The molecule has 1 aliphatic heterocycles. The van der Waals surface area contributed by atoms with Gasteiger partial charge in [0.15, 0.2) is 17.0 Å². The Labute approximate surface area is 174 Å². The van der Waals surface area contributed by atoms with Crippen LogP contribution in [0.15, 0.2) is 49.1 Å². The first-order valence-corrected chi connectivity index (χ1v) is 9.99. The molecule has 0 amide bonds. The number of hydrogen-bond acceptors (Lipinski definition) is 6. The number of aromatic nitrogens is 6. The highest BCUT2D eigenvalue weighted by molar-refractivity contribution is 5.86. The molecule has 0 atom stereocenters. The first kappa shape index (κ1) is 18.3. The van der Waals surface area contributed by atoms with Crippen molar-refractivity contribution in [1.82, 2.24) is 29.3 Å². The maximum Gasteiger partial charge on any atom is 0.165 e. The number of nitrogens with zero attached hydrogens (tertiary/aromatic N) is 8. The van der Waals surface area contributed by atoms with Gasteiger partial charge < -0.3 is 9.47 Å². The Morgan fingerprint density at radius 1 is 1.07 bits per heavy atom. The molecule has 30 heavy (non-hydrogen) atoms. The van der Waals surface area contributed by atoms with E-state index in [0.29, 0.717) is 0 Å². The first-order chi connectivity index (χ1) is 14.6. The van der Waals surface area contributed by atoms with Crippen LogP contribution in [-0.2, 0) is 19.5 Å². The van der Waals surface area contributed by atoms with Crippen molar-refractivity contribution in [2.24, 2.45) is 14.1 Å². The molecule has 3 aromatic heterocycles. The Morgan fingerprint density at radius 3 is 2.50 bits per heavy atom. The van der Waals surface area contributed by atoms with Crippen molar-refractivity contribution in [2.45, 2.75) is 18.3 Å². The van der Waals surface area contributed by atoms with Gasteiger partial charge in [0, 0.05) is 33.4 Å². The van der Waals surface area contributed by atoms with Crippen LogP contribution in [0, 0.1) is 11.3 Å². The molecule has 8 heteroatoms. The minimum Gasteiger partial charge on any atom is -0.355 e. The number of hydrogen-bond donors (Lipinski definition) is 0. The minimum atomic E-state index is -0.450. The summed E-state index contributed by atoms with van der Waals surface area (Å²) in [6, 6.07) is 12.7. The van der Waals surface area contributed by atoms with Crippen LogP contribution in [0.2, 0.25) is 0 Å². The molecule has 0 saturated carbocycles. The van der Waals surface area contributed by atoms with E-state index in [4.69, 9.17) is 4.98 Å². The lowest BCUT2D eigenvalue weighted by molar-refractivity contribution is 0.414. The number of piperidine rings is 1. The fourth-order valence-corrected chi connectivity index (χ4v) is 4.34. The van der Waals surface area contributed by atoms with E-state index in [2.05, 4.69) is 38.2 Å². The lowest BCUT2D eigenvalue weighted by Crippen LogP contribution is -2.42. The number of nitriles is 1. The fraction of sp³-hybridized carbons (Fsp3) is 0.318. The predicted molar refractivity (Wildman–Crippen MR) is 114 cm³/mol. The standard InChI is InChI=1S/C22H22N8/c1-28-13-16(12-26-28)19-27-18-20(29(19)2)24-15-25-21(18)30-10-8-22(14-23,9-11-30)17-6-4-3-5-7-17/h3-7,12-13,15H,8-11H2,1-2H3. The molecule has 8 nitrogen and oxygen atoms in total. The van der Waals surface area contributed by atoms with Gasteiger partial charge >= 0.3 is 0 Å². The van der Waals surface area contributed by atoms with Crippen molar-refractivity contribution in [3.8, 4) is 17.5 Å². The zero-order valence-corrected chi connectivity index (χ0v) is 17.0. The summed E-state index contributed by atoms with van der Waals surface area (Å²) in [6.45, 7) is 1.49. The molecule has 0 spiro atoms. The summed E-state index contributed by atoms with van der Waals surface area (Å²) in [7, 11) is 3.85. The van der Waals surface area contributed by atoms with Crippen molar-refractivity contribution < 1.29 is 0 Å². The summed E-state index contributed by atoms with van der Waals surface area (Å²) in [5.41, 5.74) is 3.16. The van der Waals surface area contributed by atoms with Gasteiger partial charge in [-0.05, 0) is 18.4 Å². The van der Waals surface area contributed by atoms with E-state index in [1.807, 2.05) is 43.1 Å². The Morgan fingerprint density at radius 2 is 1.83 bits per heavy atom. The molecule has 0 radical (unpaired) electrons. The molecule has 150 valence electrons. The SMILES string of the molecule is Cn1cc(-c2nc3c(N4CCC(C#N)(c5ccccc5)CC4)ncnc3n2C)cn1. The average Bonchev–Trinajstić information content (AvgIpc) is 3.37. The van der Waals surface area contributed by atoms with E-state index in [0.717, 1.165) is 59.9 Å². The topological polar surface area (TPSA) is 88.5 Å². The lowest BCUT2D eigenvalue weighted by atomic mass is 9.74. The molecule has 0 aliphatic carbocycles. The third kappa shape index (κ3) is 2.82. The van der Waals surface area contributed by atoms with Crippen LogP contribution in [0.1, 0.15) is 18.4 Å².